The lowest BCUT2D eigenvalue weighted by molar-refractivity contribution is -0.120. The smallest absolute Gasteiger partial charge is 0.158 e. The minimum atomic E-state index is -0.588. The Morgan fingerprint density at radius 1 is 1.09 bits per heavy atom. The van der Waals surface area contributed by atoms with Gasteiger partial charge in [-0.3, -0.25) is 4.79 Å². The fraction of sp³-hybridized carbons (Fsp3) is 0.316. The van der Waals surface area contributed by atoms with E-state index in [0.29, 0.717) is 12.8 Å². The normalized spacial score (nSPS) is 12.1. The summed E-state index contributed by atoms with van der Waals surface area (Å²) in [6, 6.07) is 12.6. The van der Waals surface area contributed by atoms with Gasteiger partial charge in [-0.25, -0.2) is 0 Å². The Morgan fingerprint density at radius 2 is 1.83 bits per heavy atom. The average molecular weight is 314 g/mol. The summed E-state index contributed by atoms with van der Waals surface area (Å²) in [6.45, 7) is 1.62. The van der Waals surface area contributed by atoms with Crippen molar-refractivity contribution >= 4 is 5.78 Å². The van der Waals surface area contributed by atoms with Gasteiger partial charge < -0.3 is 15.3 Å². The van der Waals surface area contributed by atoms with E-state index in [9.17, 15) is 20.1 Å². The number of carbonyl (C=O) groups excluding carboxylic acids is 1. The monoisotopic (exact) mass is 314 g/mol. The van der Waals surface area contributed by atoms with E-state index in [1.54, 1.807) is 13.0 Å². The van der Waals surface area contributed by atoms with E-state index in [1.165, 1.54) is 12.1 Å². The van der Waals surface area contributed by atoms with Crippen molar-refractivity contribution in [2.45, 2.75) is 38.7 Å². The van der Waals surface area contributed by atoms with Crippen LogP contribution in [-0.4, -0.2) is 27.2 Å². The Kier molecular flexibility index (Phi) is 5.77. The van der Waals surface area contributed by atoms with Crippen molar-refractivity contribution < 1.29 is 20.1 Å². The van der Waals surface area contributed by atoms with Gasteiger partial charge in [-0.2, -0.15) is 0 Å². The molecule has 4 heteroatoms. The molecule has 2 aromatic carbocycles. The first-order chi connectivity index (χ1) is 11.0. The molecular weight excluding hydrogens is 292 g/mol. The number of Topliss-reactive ketones (excluding diaryl/α,β-unsaturated/α-hetero) is 1. The van der Waals surface area contributed by atoms with Gasteiger partial charge in [-0.15, -0.1) is 0 Å². The maximum atomic E-state index is 11.7. The van der Waals surface area contributed by atoms with Crippen molar-refractivity contribution in [2.24, 2.45) is 0 Å². The molecule has 0 aliphatic heterocycles. The van der Waals surface area contributed by atoms with Gasteiger partial charge in [0.2, 0.25) is 0 Å². The van der Waals surface area contributed by atoms with E-state index in [4.69, 9.17) is 0 Å². The Labute approximate surface area is 136 Å². The topological polar surface area (TPSA) is 77.8 Å². The molecule has 23 heavy (non-hydrogen) atoms. The van der Waals surface area contributed by atoms with E-state index in [-0.39, 0.29) is 23.7 Å². The summed E-state index contributed by atoms with van der Waals surface area (Å²) in [5, 5.41) is 28.3. The molecule has 1 atom stereocenters. The van der Waals surface area contributed by atoms with E-state index < -0.39 is 6.10 Å². The van der Waals surface area contributed by atoms with Crippen molar-refractivity contribution in [3.05, 3.63) is 48.0 Å². The molecule has 0 fully saturated rings. The number of aliphatic hydroxyl groups excluding tert-OH is 1. The third-order valence-corrected chi connectivity index (χ3v) is 3.73. The van der Waals surface area contributed by atoms with Crippen LogP contribution < -0.4 is 0 Å². The summed E-state index contributed by atoms with van der Waals surface area (Å²) in [4.78, 5) is 11.7. The van der Waals surface area contributed by atoms with E-state index in [0.717, 1.165) is 23.1 Å². The van der Waals surface area contributed by atoms with Gasteiger partial charge in [0.1, 0.15) is 5.78 Å². The Balaban J connectivity index is 2.08. The van der Waals surface area contributed by atoms with Crippen LogP contribution in [0, 0.1) is 0 Å². The van der Waals surface area contributed by atoms with Gasteiger partial charge in [-0.1, -0.05) is 30.3 Å². The quantitative estimate of drug-likeness (QED) is 0.684. The lowest BCUT2D eigenvalue weighted by atomic mass is 9.95. The zero-order valence-electron chi connectivity index (χ0n) is 13.2. The number of carbonyl (C=O) groups is 1. The molecule has 0 aromatic heterocycles. The first kappa shape index (κ1) is 17.0. The predicted octanol–water partition coefficient (Wildman–Crippen LogP) is 3.43. The highest BCUT2D eigenvalue weighted by molar-refractivity contribution is 5.78. The Hall–Kier alpha value is -2.33. The molecule has 2 rings (SSSR count). The zero-order valence-corrected chi connectivity index (χ0v) is 13.2. The molecule has 0 aliphatic carbocycles. The molecule has 0 amide bonds. The second-order valence-corrected chi connectivity index (χ2v) is 5.81. The number of rotatable bonds is 7. The summed E-state index contributed by atoms with van der Waals surface area (Å²) in [5.74, 6) is -0.223. The maximum Gasteiger partial charge on any atom is 0.158 e. The highest BCUT2D eigenvalue weighted by Crippen LogP contribution is 2.32. The van der Waals surface area contributed by atoms with Crippen LogP contribution in [0.1, 0.15) is 31.7 Å². The van der Waals surface area contributed by atoms with E-state index in [1.807, 2.05) is 24.3 Å². The number of benzene rings is 2. The second-order valence-electron chi connectivity index (χ2n) is 5.81. The molecule has 0 bridgehead atoms. The number of hydrogen-bond acceptors (Lipinski definition) is 4. The number of aliphatic hydroxyl groups is 1. The minimum absolute atomic E-state index is 0.0692. The predicted molar refractivity (Wildman–Crippen MR) is 89.5 cm³/mol. The van der Waals surface area contributed by atoms with Crippen LogP contribution in [-0.2, 0) is 11.2 Å². The average Bonchev–Trinajstić information content (AvgIpc) is 2.50. The molecule has 4 nitrogen and oxygen atoms in total. The van der Waals surface area contributed by atoms with Gasteiger partial charge in [0.25, 0.3) is 0 Å². The van der Waals surface area contributed by atoms with Crippen molar-refractivity contribution in [3.8, 4) is 22.6 Å². The Bertz CT molecular complexity index is 677. The first-order valence-corrected chi connectivity index (χ1v) is 7.77. The van der Waals surface area contributed by atoms with Crippen molar-refractivity contribution in [1.82, 2.24) is 0 Å². The first-order valence-electron chi connectivity index (χ1n) is 7.77. The zero-order chi connectivity index (χ0) is 16.8. The summed E-state index contributed by atoms with van der Waals surface area (Å²) < 4.78 is 0. The van der Waals surface area contributed by atoms with Gasteiger partial charge in [0, 0.05) is 12.8 Å². The molecule has 0 saturated carbocycles. The minimum Gasteiger partial charge on any atom is -0.504 e. The number of aryl methyl sites for hydroxylation is 1. The molecule has 0 aliphatic rings. The summed E-state index contributed by atoms with van der Waals surface area (Å²) in [7, 11) is 0. The van der Waals surface area contributed by atoms with Crippen LogP contribution in [0.3, 0.4) is 0 Å². The molecule has 3 N–H and O–H groups in total. The molecule has 0 saturated heterocycles. The highest BCUT2D eigenvalue weighted by Gasteiger charge is 2.10. The third kappa shape index (κ3) is 4.83. The van der Waals surface area contributed by atoms with Gasteiger partial charge in [0.05, 0.1) is 6.10 Å². The maximum absolute atomic E-state index is 11.7. The number of aromatic hydroxyl groups is 2. The second kappa shape index (κ2) is 7.79. The van der Waals surface area contributed by atoms with Crippen molar-refractivity contribution in [2.75, 3.05) is 0 Å². The molecule has 1 unspecified atom stereocenters. The molecular formula is C19H22O4. The van der Waals surface area contributed by atoms with Gasteiger partial charge in [0.15, 0.2) is 11.5 Å². The van der Waals surface area contributed by atoms with E-state index >= 15 is 0 Å². The van der Waals surface area contributed by atoms with Gasteiger partial charge in [-0.05, 0) is 48.6 Å². The largest absolute Gasteiger partial charge is 0.504 e. The standard InChI is InChI=1S/C19H22O4/c1-13(20)11-16(21)7-4-6-14-5-2-3-8-17(14)15-9-10-18(22)19(23)12-15/h2-3,5,8-10,12-13,20,22-23H,4,6-7,11H2,1H3. The van der Waals surface area contributed by atoms with Crippen molar-refractivity contribution in [3.63, 3.8) is 0 Å². The molecule has 122 valence electrons. The number of phenols is 2. The number of hydrogen-bond donors (Lipinski definition) is 3. The number of phenolic OH excluding ortho intramolecular Hbond substituents is 2. The molecule has 0 spiro atoms. The number of ketones is 1. The van der Waals surface area contributed by atoms with Crippen LogP contribution >= 0.6 is 0 Å². The van der Waals surface area contributed by atoms with Gasteiger partial charge >= 0.3 is 0 Å². The SMILES string of the molecule is CC(O)CC(=O)CCCc1ccccc1-c1ccc(O)c(O)c1. The highest BCUT2D eigenvalue weighted by atomic mass is 16.3. The van der Waals surface area contributed by atoms with Crippen molar-refractivity contribution in [1.29, 1.82) is 0 Å². The lowest BCUT2D eigenvalue weighted by Gasteiger charge is -2.11. The van der Waals surface area contributed by atoms with Crippen LogP contribution in [0.15, 0.2) is 42.5 Å². The molecule has 2 aromatic rings. The van der Waals surface area contributed by atoms with Crippen LogP contribution in [0.2, 0.25) is 0 Å². The third-order valence-electron chi connectivity index (χ3n) is 3.73. The summed E-state index contributed by atoms with van der Waals surface area (Å²) in [5.41, 5.74) is 2.89. The Morgan fingerprint density at radius 3 is 2.52 bits per heavy atom. The van der Waals surface area contributed by atoms with Crippen LogP contribution in [0.25, 0.3) is 11.1 Å². The fourth-order valence-corrected chi connectivity index (χ4v) is 2.62. The summed E-state index contributed by atoms with van der Waals surface area (Å²) in [6.07, 6.45) is 1.51. The van der Waals surface area contributed by atoms with Crippen LogP contribution in [0.4, 0.5) is 0 Å². The van der Waals surface area contributed by atoms with E-state index in [2.05, 4.69) is 0 Å². The lowest BCUT2D eigenvalue weighted by Crippen LogP contribution is -2.09. The molecule has 0 radical (unpaired) electrons. The fourth-order valence-electron chi connectivity index (χ4n) is 2.62. The molecule has 0 heterocycles. The van der Waals surface area contributed by atoms with Crippen LogP contribution in [0.5, 0.6) is 11.5 Å². The summed E-state index contributed by atoms with van der Waals surface area (Å²) >= 11 is 0.